The monoisotopic (exact) mass is 319 g/mol. The van der Waals surface area contributed by atoms with E-state index >= 15 is 0 Å². The minimum Gasteiger partial charge on any atom is -0.454 e. The van der Waals surface area contributed by atoms with Gasteiger partial charge < -0.3 is 9.47 Å². The van der Waals surface area contributed by atoms with Crippen LogP contribution < -0.4 is 13.8 Å². The van der Waals surface area contributed by atoms with Gasteiger partial charge in [0.25, 0.3) is 0 Å². The van der Waals surface area contributed by atoms with E-state index in [0.29, 0.717) is 17.2 Å². The van der Waals surface area contributed by atoms with Gasteiger partial charge in [-0.3, -0.25) is 4.31 Å². The molecule has 5 nitrogen and oxygen atoms in total. The molecular weight excluding hydrogens is 302 g/mol. The SMILES string of the molecule is Cc1ccccc1CS(=O)(=O)N(C)c1ccc2c(c1)OCO2. The lowest BCUT2D eigenvalue weighted by Crippen LogP contribution is -2.28. The van der Waals surface area contributed by atoms with Crippen LogP contribution in [-0.2, 0) is 15.8 Å². The zero-order chi connectivity index (χ0) is 15.7. The molecule has 22 heavy (non-hydrogen) atoms. The third kappa shape index (κ3) is 2.74. The van der Waals surface area contributed by atoms with Crippen LogP contribution in [0.15, 0.2) is 42.5 Å². The molecule has 0 amide bonds. The van der Waals surface area contributed by atoms with E-state index in [1.54, 1.807) is 25.2 Å². The fraction of sp³-hybridized carbons (Fsp3) is 0.250. The van der Waals surface area contributed by atoms with Gasteiger partial charge in [0, 0.05) is 13.1 Å². The topological polar surface area (TPSA) is 55.8 Å². The maximum absolute atomic E-state index is 12.6. The Balaban J connectivity index is 1.87. The molecule has 116 valence electrons. The lowest BCUT2D eigenvalue weighted by atomic mass is 10.1. The summed E-state index contributed by atoms with van der Waals surface area (Å²) < 4.78 is 37.0. The van der Waals surface area contributed by atoms with E-state index < -0.39 is 10.0 Å². The van der Waals surface area contributed by atoms with Crippen molar-refractivity contribution in [3.05, 3.63) is 53.6 Å². The summed E-state index contributed by atoms with van der Waals surface area (Å²) in [7, 11) is -1.92. The van der Waals surface area contributed by atoms with E-state index in [-0.39, 0.29) is 12.5 Å². The van der Waals surface area contributed by atoms with Crippen molar-refractivity contribution in [1.29, 1.82) is 0 Å². The van der Waals surface area contributed by atoms with Crippen molar-refractivity contribution in [2.75, 3.05) is 18.1 Å². The molecule has 0 N–H and O–H groups in total. The van der Waals surface area contributed by atoms with Crippen LogP contribution in [0.25, 0.3) is 0 Å². The molecule has 0 fully saturated rings. The van der Waals surface area contributed by atoms with Gasteiger partial charge in [0.2, 0.25) is 16.8 Å². The van der Waals surface area contributed by atoms with Gasteiger partial charge in [0.05, 0.1) is 11.4 Å². The lowest BCUT2D eigenvalue weighted by Gasteiger charge is -2.20. The molecule has 0 atom stereocenters. The summed E-state index contributed by atoms with van der Waals surface area (Å²) >= 11 is 0. The molecule has 0 radical (unpaired) electrons. The van der Waals surface area contributed by atoms with Gasteiger partial charge in [-0.2, -0.15) is 0 Å². The molecule has 0 spiro atoms. The van der Waals surface area contributed by atoms with Crippen molar-refractivity contribution in [2.24, 2.45) is 0 Å². The molecule has 1 heterocycles. The highest BCUT2D eigenvalue weighted by Gasteiger charge is 2.22. The number of benzene rings is 2. The van der Waals surface area contributed by atoms with E-state index in [2.05, 4.69) is 0 Å². The van der Waals surface area contributed by atoms with E-state index in [0.717, 1.165) is 11.1 Å². The molecule has 0 saturated heterocycles. The van der Waals surface area contributed by atoms with Gasteiger partial charge in [-0.25, -0.2) is 8.42 Å². The quantitative estimate of drug-likeness (QED) is 0.869. The van der Waals surface area contributed by atoms with Gasteiger partial charge in [-0.05, 0) is 30.2 Å². The second kappa shape index (κ2) is 5.53. The molecular formula is C16H17NO4S. The summed E-state index contributed by atoms with van der Waals surface area (Å²) in [5, 5.41) is 0. The predicted octanol–water partition coefficient (Wildman–Crippen LogP) is 2.69. The van der Waals surface area contributed by atoms with Crippen LogP contribution in [-0.4, -0.2) is 22.3 Å². The Hall–Kier alpha value is -2.21. The number of rotatable bonds is 4. The molecule has 2 aromatic carbocycles. The first-order valence-electron chi connectivity index (χ1n) is 6.88. The van der Waals surface area contributed by atoms with Gasteiger partial charge >= 0.3 is 0 Å². The van der Waals surface area contributed by atoms with Crippen LogP contribution in [0.3, 0.4) is 0 Å². The van der Waals surface area contributed by atoms with Crippen LogP contribution >= 0.6 is 0 Å². The minimum atomic E-state index is -3.47. The fourth-order valence-corrected chi connectivity index (χ4v) is 3.65. The molecule has 1 aliphatic rings. The summed E-state index contributed by atoms with van der Waals surface area (Å²) in [5.41, 5.74) is 2.32. The van der Waals surface area contributed by atoms with Crippen LogP contribution in [0.1, 0.15) is 11.1 Å². The van der Waals surface area contributed by atoms with Crippen molar-refractivity contribution in [2.45, 2.75) is 12.7 Å². The number of hydrogen-bond donors (Lipinski definition) is 0. The summed E-state index contributed by atoms with van der Waals surface area (Å²) in [4.78, 5) is 0. The molecule has 3 rings (SSSR count). The van der Waals surface area contributed by atoms with E-state index in [4.69, 9.17) is 9.47 Å². The Bertz CT molecular complexity index is 802. The first-order valence-corrected chi connectivity index (χ1v) is 8.49. The normalized spacial score (nSPS) is 13.2. The second-order valence-electron chi connectivity index (χ2n) is 5.19. The zero-order valence-electron chi connectivity index (χ0n) is 12.4. The Kier molecular flexibility index (Phi) is 3.70. The van der Waals surface area contributed by atoms with Crippen molar-refractivity contribution < 1.29 is 17.9 Å². The van der Waals surface area contributed by atoms with Crippen LogP contribution in [0.4, 0.5) is 5.69 Å². The fourth-order valence-electron chi connectivity index (χ4n) is 2.31. The maximum atomic E-state index is 12.6. The second-order valence-corrected chi connectivity index (χ2v) is 7.19. The highest BCUT2D eigenvalue weighted by Crippen LogP contribution is 2.36. The van der Waals surface area contributed by atoms with Crippen LogP contribution in [0, 0.1) is 6.92 Å². The first-order chi connectivity index (χ1) is 10.5. The molecule has 0 saturated carbocycles. The van der Waals surface area contributed by atoms with E-state index in [1.165, 1.54) is 4.31 Å². The van der Waals surface area contributed by atoms with Crippen LogP contribution in [0.2, 0.25) is 0 Å². The third-order valence-corrected chi connectivity index (χ3v) is 5.46. The highest BCUT2D eigenvalue weighted by atomic mass is 32.2. The number of nitrogens with zero attached hydrogens (tertiary/aromatic N) is 1. The van der Waals surface area contributed by atoms with Crippen molar-refractivity contribution >= 4 is 15.7 Å². The van der Waals surface area contributed by atoms with Crippen molar-refractivity contribution in [1.82, 2.24) is 0 Å². The van der Waals surface area contributed by atoms with Gasteiger partial charge in [0.15, 0.2) is 11.5 Å². The Morgan fingerprint density at radius 2 is 1.82 bits per heavy atom. The summed E-state index contributed by atoms with van der Waals surface area (Å²) in [6, 6.07) is 12.6. The largest absolute Gasteiger partial charge is 0.454 e. The van der Waals surface area contributed by atoms with Crippen molar-refractivity contribution in [3.8, 4) is 11.5 Å². The summed E-state index contributed by atoms with van der Waals surface area (Å²) in [6.07, 6.45) is 0. The maximum Gasteiger partial charge on any atom is 0.239 e. The standard InChI is InChI=1S/C16H17NO4S/c1-12-5-3-4-6-13(12)10-22(18,19)17(2)14-7-8-15-16(9-14)21-11-20-15/h3-9H,10-11H2,1-2H3. The first kappa shape index (κ1) is 14.7. The Morgan fingerprint density at radius 3 is 2.59 bits per heavy atom. The molecule has 0 bridgehead atoms. The summed E-state index contributed by atoms with van der Waals surface area (Å²) in [5.74, 6) is 1.16. The minimum absolute atomic E-state index is 0.0371. The average molecular weight is 319 g/mol. The molecule has 2 aromatic rings. The Labute approximate surface area is 130 Å². The molecule has 1 aliphatic heterocycles. The number of aryl methyl sites for hydroxylation is 1. The van der Waals surface area contributed by atoms with Gasteiger partial charge in [-0.1, -0.05) is 24.3 Å². The van der Waals surface area contributed by atoms with E-state index in [9.17, 15) is 8.42 Å². The zero-order valence-corrected chi connectivity index (χ0v) is 13.3. The van der Waals surface area contributed by atoms with Crippen LogP contribution in [0.5, 0.6) is 11.5 Å². The number of hydrogen-bond acceptors (Lipinski definition) is 4. The predicted molar refractivity (Wildman–Crippen MR) is 84.8 cm³/mol. The van der Waals surface area contributed by atoms with E-state index in [1.807, 2.05) is 31.2 Å². The summed E-state index contributed by atoms with van der Waals surface area (Å²) in [6.45, 7) is 2.07. The average Bonchev–Trinajstić information content (AvgIpc) is 2.96. The number of fused-ring (bicyclic) bond motifs is 1. The molecule has 6 heteroatoms. The molecule has 0 aromatic heterocycles. The molecule has 0 aliphatic carbocycles. The van der Waals surface area contributed by atoms with Crippen molar-refractivity contribution in [3.63, 3.8) is 0 Å². The van der Waals surface area contributed by atoms with Gasteiger partial charge in [0.1, 0.15) is 0 Å². The number of sulfonamides is 1. The van der Waals surface area contributed by atoms with Gasteiger partial charge in [-0.15, -0.1) is 0 Å². The highest BCUT2D eigenvalue weighted by molar-refractivity contribution is 7.92. The third-order valence-electron chi connectivity index (χ3n) is 3.74. The molecule has 0 unspecified atom stereocenters. The number of ether oxygens (including phenoxy) is 2. The smallest absolute Gasteiger partial charge is 0.239 e. The lowest BCUT2D eigenvalue weighted by molar-refractivity contribution is 0.174. The number of anilines is 1. The Morgan fingerprint density at radius 1 is 1.09 bits per heavy atom.